The molecular formula is C26H25FN2O5S2. The van der Waals surface area contributed by atoms with Gasteiger partial charge in [-0.05, 0) is 80.3 Å². The lowest BCUT2D eigenvalue weighted by atomic mass is 10.0. The molecule has 1 N–H and O–H groups in total. The van der Waals surface area contributed by atoms with E-state index >= 15 is 0 Å². The molecule has 2 aliphatic heterocycles. The molecule has 3 aromatic carbocycles. The first kappa shape index (κ1) is 24.5. The van der Waals surface area contributed by atoms with E-state index in [2.05, 4.69) is 4.72 Å². The van der Waals surface area contributed by atoms with Gasteiger partial charge in [-0.3, -0.25) is 9.52 Å². The molecule has 2 atom stereocenters. The van der Waals surface area contributed by atoms with Crippen LogP contribution in [0.2, 0.25) is 0 Å². The zero-order valence-electron chi connectivity index (χ0n) is 19.2. The lowest BCUT2D eigenvalue weighted by Crippen LogP contribution is -2.49. The number of rotatable bonds is 6. The monoisotopic (exact) mass is 528 g/mol. The maximum absolute atomic E-state index is 13.4. The predicted molar refractivity (Wildman–Crippen MR) is 133 cm³/mol. The molecule has 188 valence electrons. The maximum atomic E-state index is 13.4. The van der Waals surface area contributed by atoms with E-state index in [1.54, 1.807) is 35.2 Å². The third-order valence-corrected chi connectivity index (χ3v) is 10.5. The first-order chi connectivity index (χ1) is 17.1. The zero-order chi connectivity index (χ0) is 25.5. The van der Waals surface area contributed by atoms with Gasteiger partial charge < -0.3 is 4.90 Å². The van der Waals surface area contributed by atoms with Crippen molar-refractivity contribution in [2.75, 3.05) is 4.72 Å². The lowest BCUT2D eigenvalue weighted by molar-refractivity contribution is 0.0598. The zero-order valence-corrected chi connectivity index (χ0v) is 20.9. The quantitative estimate of drug-likeness (QED) is 0.516. The van der Waals surface area contributed by atoms with Crippen molar-refractivity contribution in [3.63, 3.8) is 0 Å². The van der Waals surface area contributed by atoms with E-state index < -0.39 is 30.9 Å². The summed E-state index contributed by atoms with van der Waals surface area (Å²) in [5.41, 5.74) is 0.636. The standard InChI is InChI=1S/C26H25FN2O5S2/c27-19-5-4-8-24(15-19)36(33,34)28-20-11-9-18(10-12-20)26(30)29-21-13-14-22(29)17-25(16-21)35(31,32)23-6-2-1-3-7-23/h1-12,15,21-22,25,28H,13-14,16-17H2. The van der Waals surface area contributed by atoms with Crippen LogP contribution >= 0.6 is 0 Å². The summed E-state index contributed by atoms with van der Waals surface area (Å²) >= 11 is 0. The minimum Gasteiger partial charge on any atom is -0.333 e. The molecule has 2 saturated heterocycles. The number of carbonyl (C=O) groups is 1. The molecule has 1 amide bonds. The molecule has 0 saturated carbocycles. The highest BCUT2D eigenvalue weighted by atomic mass is 32.2. The van der Waals surface area contributed by atoms with Crippen molar-refractivity contribution < 1.29 is 26.0 Å². The van der Waals surface area contributed by atoms with E-state index in [-0.39, 0.29) is 28.6 Å². The summed E-state index contributed by atoms with van der Waals surface area (Å²) in [4.78, 5) is 15.2. The maximum Gasteiger partial charge on any atom is 0.261 e. The Kier molecular flexibility index (Phi) is 6.34. The summed E-state index contributed by atoms with van der Waals surface area (Å²) in [6, 6.07) is 18.8. The summed E-state index contributed by atoms with van der Waals surface area (Å²) in [6.07, 6.45) is 2.29. The van der Waals surface area contributed by atoms with Crippen molar-refractivity contribution in [2.24, 2.45) is 0 Å². The van der Waals surface area contributed by atoms with Gasteiger partial charge in [-0.15, -0.1) is 0 Å². The van der Waals surface area contributed by atoms with E-state index in [0.717, 1.165) is 25.0 Å². The number of piperidine rings is 1. The highest BCUT2D eigenvalue weighted by molar-refractivity contribution is 7.92. The molecule has 10 heteroatoms. The Morgan fingerprint density at radius 2 is 1.42 bits per heavy atom. The first-order valence-corrected chi connectivity index (χ1v) is 14.7. The number of sulfonamides is 1. The second-order valence-electron chi connectivity index (χ2n) is 9.19. The fourth-order valence-corrected chi connectivity index (χ4v) is 8.15. The summed E-state index contributed by atoms with van der Waals surface area (Å²) in [6.45, 7) is 0. The van der Waals surface area contributed by atoms with Crippen LogP contribution in [-0.4, -0.2) is 45.0 Å². The number of anilines is 1. The fourth-order valence-electron chi connectivity index (χ4n) is 5.19. The SMILES string of the molecule is O=C(c1ccc(NS(=O)(=O)c2cccc(F)c2)cc1)N1C2CCC1CC(S(=O)(=O)c1ccccc1)C2. The van der Waals surface area contributed by atoms with E-state index in [9.17, 15) is 26.0 Å². The number of amides is 1. The number of halogens is 1. The lowest BCUT2D eigenvalue weighted by Gasteiger charge is -2.38. The molecule has 7 nitrogen and oxygen atoms in total. The molecule has 3 aromatic rings. The topological polar surface area (TPSA) is 101 Å². The largest absolute Gasteiger partial charge is 0.333 e. The van der Waals surface area contributed by atoms with E-state index in [1.165, 1.54) is 36.4 Å². The Labute approximate surface area is 209 Å². The number of carbonyl (C=O) groups excluding carboxylic acids is 1. The van der Waals surface area contributed by atoms with Crippen molar-refractivity contribution >= 4 is 31.5 Å². The van der Waals surface area contributed by atoms with Gasteiger partial charge in [0.15, 0.2) is 9.84 Å². The van der Waals surface area contributed by atoms with E-state index in [4.69, 9.17) is 0 Å². The predicted octanol–water partition coefficient (Wildman–Crippen LogP) is 4.24. The molecule has 2 unspecified atom stereocenters. The van der Waals surface area contributed by atoms with Crippen LogP contribution in [0.4, 0.5) is 10.1 Å². The molecule has 0 aromatic heterocycles. The highest BCUT2D eigenvalue weighted by Gasteiger charge is 2.47. The molecule has 0 radical (unpaired) electrons. The van der Waals surface area contributed by atoms with Crippen LogP contribution in [-0.2, 0) is 19.9 Å². The van der Waals surface area contributed by atoms with Crippen LogP contribution in [0.5, 0.6) is 0 Å². The van der Waals surface area contributed by atoms with Crippen LogP contribution in [0.15, 0.2) is 88.7 Å². The summed E-state index contributed by atoms with van der Waals surface area (Å²) in [5.74, 6) is -0.855. The molecule has 0 aliphatic carbocycles. The third kappa shape index (κ3) is 4.62. The van der Waals surface area contributed by atoms with Crippen molar-refractivity contribution in [3.8, 4) is 0 Å². The Morgan fingerprint density at radius 3 is 2.03 bits per heavy atom. The van der Waals surface area contributed by atoms with Crippen molar-refractivity contribution in [1.82, 2.24) is 4.90 Å². The first-order valence-electron chi connectivity index (χ1n) is 11.7. The number of benzene rings is 3. The van der Waals surface area contributed by atoms with Crippen LogP contribution in [0, 0.1) is 5.82 Å². The minimum atomic E-state index is -3.98. The second kappa shape index (κ2) is 9.33. The normalized spacial score (nSPS) is 21.8. The smallest absolute Gasteiger partial charge is 0.261 e. The summed E-state index contributed by atoms with van der Waals surface area (Å²) in [5, 5.41) is -0.527. The molecule has 2 bridgehead atoms. The Morgan fingerprint density at radius 1 is 0.806 bits per heavy atom. The number of fused-ring (bicyclic) bond motifs is 2. The van der Waals surface area contributed by atoms with Gasteiger partial charge in [0.1, 0.15) is 5.82 Å². The van der Waals surface area contributed by atoms with Gasteiger partial charge in [0, 0.05) is 23.3 Å². The van der Waals surface area contributed by atoms with Crippen molar-refractivity contribution in [2.45, 2.75) is 52.8 Å². The van der Waals surface area contributed by atoms with Crippen molar-refractivity contribution in [1.29, 1.82) is 0 Å². The molecule has 0 spiro atoms. The van der Waals surface area contributed by atoms with Gasteiger partial charge in [-0.1, -0.05) is 24.3 Å². The Hall–Kier alpha value is -3.24. The number of nitrogens with one attached hydrogen (secondary N) is 1. The number of hydrogen-bond acceptors (Lipinski definition) is 5. The molecule has 5 rings (SSSR count). The van der Waals surface area contributed by atoms with Crippen LogP contribution in [0.1, 0.15) is 36.0 Å². The Bertz CT molecular complexity index is 1480. The number of sulfone groups is 1. The van der Waals surface area contributed by atoms with Crippen molar-refractivity contribution in [3.05, 3.63) is 90.2 Å². The minimum absolute atomic E-state index is 0.161. The Balaban J connectivity index is 1.29. The van der Waals surface area contributed by atoms with Gasteiger partial charge in [0.2, 0.25) is 0 Å². The average Bonchev–Trinajstić information content (AvgIpc) is 3.13. The number of nitrogens with zero attached hydrogens (tertiary/aromatic N) is 1. The van der Waals surface area contributed by atoms with Gasteiger partial charge >= 0.3 is 0 Å². The third-order valence-electron chi connectivity index (χ3n) is 6.93. The van der Waals surface area contributed by atoms with Gasteiger partial charge in [0.25, 0.3) is 15.9 Å². The van der Waals surface area contributed by atoms with Gasteiger partial charge in [-0.25, -0.2) is 21.2 Å². The summed E-state index contributed by atoms with van der Waals surface area (Å²) < 4.78 is 67.2. The van der Waals surface area contributed by atoms with Gasteiger partial charge in [0.05, 0.1) is 15.0 Å². The van der Waals surface area contributed by atoms with E-state index in [1.807, 2.05) is 0 Å². The molecule has 2 heterocycles. The molecule has 2 aliphatic rings. The van der Waals surface area contributed by atoms with Gasteiger partial charge in [-0.2, -0.15) is 0 Å². The van der Waals surface area contributed by atoms with E-state index in [0.29, 0.717) is 23.3 Å². The van der Waals surface area contributed by atoms with Crippen LogP contribution < -0.4 is 4.72 Å². The van der Waals surface area contributed by atoms with Crippen LogP contribution in [0.25, 0.3) is 0 Å². The molecule has 36 heavy (non-hydrogen) atoms. The highest BCUT2D eigenvalue weighted by Crippen LogP contribution is 2.40. The van der Waals surface area contributed by atoms with Crippen LogP contribution in [0.3, 0.4) is 0 Å². The molecular weight excluding hydrogens is 503 g/mol. The summed E-state index contributed by atoms with van der Waals surface area (Å²) in [7, 11) is -7.46. The molecule has 2 fully saturated rings. The number of hydrogen-bond donors (Lipinski definition) is 1. The average molecular weight is 529 g/mol. The fraction of sp³-hybridized carbons (Fsp3) is 0.269. The second-order valence-corrected chi connectivity index (χ2v) is 13.1.